The third-order valence-electron chi connectivity index (χ3n) is 9.09. The largest absolute Gasteiger partial charge is 0.495 e. The first-order chi connectivity index (χ1) is 22.6. The maximum Gasteiger partial charge on any atom is 0.258 e. The SMILES string of the molecule is COc1cc(C(=O)N2CC[C@@]3(CC/C(=C\CCC(=O)NCCN(C)C)C3)Cc3ccccc32)ccc1NC(=O)c1cc(F)ccc1Cl. The van der Waals surface area contributed by atoms with Crippen molar-refractivity contribution in [2.24, 2.45) is 5.41 Å². The molecule has 0 unspecified atom stereocenters. The Morgan fingerprint density at radius 2 is 1.87 bits per heavy atom. The number of nitrogens with zero attached hydrogens (tertiary/aromatic N) is 2. The van der Waals surface area contributed by atoms with Crippen LogP contribution >= 0.6 is 11.6 Å². The monoisotopic (exact) mass is 660 g/mol. The zero-order valence-corrected chi connectivity index (χ0v) is 28.0. The third kappa shape index (κ3) is 8.39. The number of benzene rings is 3. The summed E-state index contributed by atoms with van der Waals surface area (Å²) in [5.74, 6) is -0.947. The van der Waals surface area contributed by atoms with Crippen molar-refractivity contribution in [2.75, 3.05) is 51.1 Å². The molecule has 1 atom stereocenters. The van der Waals surface area contributed by atoms with E-state index in [9.17, 15) is 18.8 Å². The molecule has 3 aromatic carbocycles. The maximum absolute atomic E-state index is 14.1. The summed E-state index contributed by atoms with van der Waals surface area (Å²) in [6.07, 6.45) is 8.21. The predicted molar refractivity (Wildman–Crippen MR) is 184 cm³/mol. The van der Waals surface area contributed by atoms with Crippen LogP contribution in [-0.4, -0.2) is 63.5 Å². The highest BCUT2D eigenvalue weighted by Gasteiger charge is 2.40. The van der Waals surface area contributed by atoms with Crippen molar-refractivity contribution in [3.05, 3.63) is 99.8 Å². The summed E-state index contributed by atoms with van der Waals surface area (Å²) in [6, 6.07) is 16.5. The normalized spacial score (nSPS) is 18.3. The summed E-state index contributed by atoms with van der Waals surface area (Å²) in [5, 5.41) is 5.82. The molecule has 2 aliphatic rings. The lowest BCUT2D eigenvalue weighted by Crippen LogP contribution is -2.33. The molecule has 1 heterocycles. The number of methoxy groups -OCH3 is 1. The molecule has 0 radical (unpaired) electrons. The second-order valence-corrected chi connectivity index (χ2v) is 13.1. The molecule has 3 amide bonds. The van der Waals surface area contributed by atoms with E-state index in [1.165, 1.54) is 24.8 Å². The first-order valence-corrected chi connectivity index (χ1v) is 16.4. The van der Waals surface area contributed by atoms with Crippen molar-refractivity contribution in [1.82, 2.24) is 10.2 Å². The van der Waals surface area contributed by atoms with Gasteiger partial charge in [-0.25, -0.2) is 4.39 Å². The van der Waals surface area contributed by atoms with E-state index in [1.54, 1.807) is 18.2 Å². The second kappa shape index (κ2) is 15.1. The van der Waals surface area contributed by atoms with Gasteiger partial charge < -0.3 is 25.2 Å². The molecule has 1 aliphatic carbocycles. The highest BCUT2D eigenvalue weighted by atomic mass is 35.5. The minimum Gasteiger partial charge on any atom is -0.495 e. The predicted octanol–water partition coefficient (Wildman–Crippen LogP) is 6.89. The van der Waals surface area contributed by atoms with Crippen LogP contribution < -0.4 is 20.3 Å². The van der Waals surface area contributed by atoms with Crippen LogP contribution in [-0.2, 0) is 11.2 Å². The van der Waals surface area contributed by atoms with Crippen LogP contribution in [0.25, 0.3) is 0 Å². The standard InChI is InChI=1S/C37H42ClFN4O4/c1-42(2)20-18-40-34(44)10-6-7-25-15-16-37(23-25)17-19-43(32-9-5-4-8-27(32)24-37)36(46)26-11-14-31(33(21-26)47-3)41-35(45)29-22-28(39)12-13-30(29)38/h4-5,7-9,11-14,21-22H,6,10,15-20,23-24H2,1-3H3,(H,40,44)(H,41,45)/b25-7+/t37-/m1/s1. The Kier molecular flexibility index (Phi) is 11.0. The Morgan fingerprint density at radius 1 is 1.06 bits per heavy atom. The molecule has 248 valence electrons. The first-order valence-electron chi connectivity index (χ1n) is 16.0. The van der Waals surface area contributed by atoms with Gasteiger partial charge in [-0.1, -0.05) is 41.4 Å². The van der Waals surface area contributed by atoms with E-state index in [2.05, 4.69) is 22.8 Å². The number of halogens is 2. The number of ether oxygens (including phenoxy) is 1. The van der Waals surface area contributed by atoms with Gasteiger partial charge in [-0.15, -0.1) is 0 Å². The van der Waals surface area contributed by atoms with Gasteiger partial charge in [-0.05, 0) is 106 Å². The van der Waals surface area contributed by atoms with Crippen molar-refractivity contribution in [1.29, 1.82) is 0 Å². The lowest BCUT2D eigenvalue weighted by molar-refractivity contribution is -0.121. The molecule has 0 aromatic heterocycles. The Balaban J connectivity index is 1.28. The Bertz CT molecular complexity index is 1680. The van der Waals surface area contributed by atoms with Crippen LogP contribution in [0.1, 0.15) is 64.8 Å². The number of hydrogen-bond donors (Lipinski definition) is 2. The lowest BCUT2D eigenvalue weighted by Gasteiger charge is -2.27. The topological polar surface area (TPSA) is 91.0 Å². The van der Waals surface area contributed by atoms with Gasteiger partial charge >= 0.3 is 0 Å². The molecule has 1 saturated carbocycles. The van der Waals surface area contributed by atoms with E-state index >= 15 is 0 Å². The molecule has 2 N–H and O–H groups in total. The van der Waals surface area contributed by atoms with E-state index in [0.29, 0.717) is 36.5 Å². The number of hydrogen-bond acceptors (Lipinski definition) is 5. The van der Waals surface area contributed by atoms with Gasteiger partial charge in [-0.2, -0.15) is 0 Å². The fourth-order valence-electron chi connectivity index (χ4n) is 6.58. The number of rotatable bonds is 10. The fourth-order valence-corrected chi connectivity index (χ4v) is 6.78. The number of fused-ring (bicyclic) bond motifs is 1. The molecule has 0 bridgehead atoms. The minimum absolute atomic E-state index is 0.00463. The van der Waals surface area contributed by atoms with E-state index < -0.39 is 11.7 Å². The van der Waals surface area contributed by atoms with Crippen LogP contribution in [0.4, 0.5) is 15.8 Å². The zero-order valence-electron chi connectivity index (χ0n) is 27.2. The highest BCUT2D eigenvalue weighted by Crippen LogP contribution is 2.49. The molecule has 8 nitrogen and oxygen atoms in total. The van der Waals surface area contributed by atoms with Crippen molar-refractivity contribution < 1.29 is 23.5 Å². The van der Waals surface area contributed by atoms with Gasteiger partial charge in [0.25, 0.3) is 11.8 Å². The lowest BCUT2D eigenvalue weighted by atomic mass is 9.77. The average molecular weight is 661 g/mol. The summed E-state index contributed by atoms with van der Waals surface area (Å²) in [7, 11) is 5.43. The molecular weight excluding hydrogens is 619 g/mol. The molecule has 0 saturated heterocycles. The van der Waals surface area contributed by atoms with E-state index in [-0.39, 0.29) is 27.8 Å². The second-order valence-electron chi connectivity index (χ2n) is 12.7. The van der Waals surface area contributed by atoms with Crippen molar-refractivity contribution in [3.8, 4) is 5.75 Å². The quantitative estimate of drug-likeness (QED) is 0.231. The number of para-hydroxylation sites is 1. The third-order valence-corrected chi connectivity index (χ3v) is 9.42. The van der Waals surface area contributed by atoms with Crippen LogP contribution in [0.3, 0.4) is 0 Å². The Labute approximate surface area is 280 Å². The van der Waals surface area contributed by atoms with Crippen LogP contribution in [0.15, 0.2) is 72.3 Å². The number of anilines is 2. The summed E-state index contributed by atoms with van der Waals surface area (Å²) in [6.45, 7) is 2.04. The van der Waals surface area contributed by atoms with Crippen LogP contribution in [0.2, 0.25) is 5.02 Å². The fraction of sp³-hybridized carbons (Fsp3) is 0.378. The Hall–Kier alpha value is -4.21. The number of carbonyl (C=O) groups excluding carboxylic acids is 3. The zero-order chi connectivity index (χ0) is 33.6. The molecule has 47 heavy (non-hydrogen) atoms. The molecule has 1 aliphatic heterocycles. The molecule has 3 aromatic rings. The molecule has 1 spiro atoms. The summed E-state index contributed by atoms with van der Waals surface area (Å²) < 4.78 is 19.3. The highest BCUT2D eigenvalue weighted by molar-refractivity contribution is 6.34. The van der Waals surface area contributed by atoms with Gasteiger partial charge in [0.05, 0.1) is 23.4 Å². The minimum atomic E-state index is -0.591. The maximum atomic E-state index is 14.1. The van der Waals surface area contributed by atoms with Gasteiger partial charge in [-0.3, -0.25) is 14.4 Å². The van der Waals surface area contributed by atoms with Crippen molar-refractivity contribution >= 4 is 40.7 Å². The summed E-state index contributed by atoms with van der Waals surface area (Å²) >= 11 is 6.12. The van der Waals surface area contributed by atoms with E-state index in [0.717, 1.165) is 62.4 Å². The molecule has 1 fully saturated rings. The van der Waals surface area contributed by atoms with E-state index in [1.807, 2.05) is 42.1 Å². The van der Waals surface area contributed by atoms with Gasteiger partial charge in [0.15, 0.2) is 0 Å². The summed E-state index contributed by atoms with van der Waals surface area (Å²) in [5.41, 5.74) is 4.24. The Morgan fingerprint density at radius 3 is 2.66 bits per heavy atom. The number of nitrogens with one attached hydrogen (secondary N) is 2. The van der Waals surface area contributed by atoms with Crippen LogP contribution in [0, 0.1) is 11.2 Å². The van der Waals surface area contributed by atoms with Gasteiger partial charge in [0, 0.05) is 37.3 Å². The number of carbonyl (C=O) groups is 3. The van der Waals surface area contributed by atoms with Crippen molar-refractivity contribution in [3.63, 3.8) is 0 Å². The number of allylic oxidation sites excluding steroid dienone is 2. The smallest absolute Gasteiger partial charge is 0.258 e. The number of likely N-dealkylation sites (N-methyl/N-ethyl adjacent to an activating group) is 1. The van der Waals surface area contributed by atoms with E-state index in [4.69, 9.17) is 16.3 Å². The first kappa shape index (κ1) is 34.1. The van der Waals surface area contributed by atoms with Gasteiger partial charge in [0.2, 0.25) is 5.91 Å². The molecule has 10 heteroatoms. The summed E-state index contributed by atoms with van der Waals surface area (Å²) in [4.78, 5) is 43.1. The molecule has 5 rings (SSSR count). The van der Waals surface area contributed by atoms with Crippen LogP contribution in [0.5, 0.6) is 5.75 Å². The number of amides is 3. The van der Waals surface area contributed by atoms with Crippen molar-refractivity contribution in [2.45, 2.75) is 44.9 Å². The average Bonchev–Trinajstić information content (AvgIpc) is 3.36. The van der Waals surface area contributed by atoms with Gasteiger partial charge in [0.1, 0.15) is 11.6 Å². The molecular formula is C37H42ClFN4O4.